The molecule has 2 heterocycles. The third-order valence-corrected chi connectivity index (χ3v) is 8.35. The number of carboxylic acid groups (broad SMARTS) is 1. The predicted octanol–water partition coefficient (Wildman–Crippen LogP) is 6.32. The summed E-state index contributed by atoms with van der Waals surface area (Å²) in [6, 6.07) is -1.18. The molecule has 2 aliphatic carbocycles. The van der Waals surface area contributed by atoms with Crippen LogP contribution >= 0.6 is 23.2 Å². The summed E-state index contributed by atoms with van der Waals surface area (Å²) in [6.45, 7) is 3.48. The number of aromatic nitrogens is 3. The van der Waals surface area contributed by atoms with Gasteiger partial charge in [-0.15, -0.1) is 0 Å². The van der Waals surface area contributed by atoms with Crippen molar-refractivity contribution in [2.24, 2.45) is 11.3 Å². The molecule has 0 radical (unpaired) electrons. The van der Waals surface area contributed by atoms with E-state index < -0.39 is 59.6 Å². The lowest BCUT2D eigenvalue weighted by atomic mass is 9.86. The number of hydrogen-bond donors (Lipinski definition) is 1. The number of amides is 1. The molecule has 0 saturated heterocycles. The number of aliphatic carboxylic acids is 1. The molecule has 212 valence electrons. The average Bonchev–Trinajstić information content (AvgIpc) is 3.45. The van der Waals surface area contributed by atoms with E-state index in [1.807, 2.05) is 13.8 Å². The molecule has 0 bridgehead atoms. The number of Topliss-reactive ketones (excluding diaryl/α,β-unsaturated/α-hetero) is 1. The minimum atomic E-state index is -4.91. The summed E-state index contributed by atoms with van der Waals surface area (Å²) in [4.78, 5) is 43.4. The summed E-state index contributed by atoms with van der Waals surface area (Å²) in [7, 11) is 0. The Morgan fingerprint density at radius 3 is 2.21 bits per heavy atom. The van der Waals surface area contributed by atoms with Crippen molar-refractivity contribution in [2.75, 3.05) is 6.54 Å². The summed E-state index contributed by atoms with van der Waals surface area (Å²) >= 11 is 12.3. The fraction of sp³-hybridized carbons (Fsp3) is 0.577. The van der Waals surface area contributed by atoms with Crippen LogP contribution in [0.1, 0.15) is 91.2 Å². The molecule has 2 aromatic rings. The largest absolute Gasteiger partial charge is 0.481 e. The van der Waals surface area contributed by atoms with E-state index in [1.165, 1.54) is 17.3 Å². The van der Waals surface area contributed by atoms with Gasteiger partial charge in [-0.2, -0.15) is 18.3 Å². The van der Waals surface area contributed by atoms with E-state index in [2.05, 4.69) is 10.1 Å². The maximum Gasteiger partial charge on any atom is 0.433 e. The van der Waals surface area contributed by atoms with Crippen LogP contribution in [0.2, 0.25) is 10.0 Å². The molecule has 1 amide bonds. The molecule has 2 saturated carbocycles. The van der Waals surface area contributed by atoms with Crippen LogP contribution in [0.4, 0.5) is 13.2 Å². The Kier molecular flexibility index (Phi) is 8.33. The van der Waals surface area contributed by atoms with Crippen molar-refractivity contribution in [2.45, 2.75) is 77.1 Å². The van der Waals surface area contributed by atoms with Crippen LogP contribution in [0.3, 0.4) is 0 Å². The van der Waals surface area contributed by atoms with E-state index in [1.54, 1.807) is 0 Å². The highest BCUT2D eigenvalue weighted by Crippen LogP contribution is 2.42. The number of alkyl halides is 3. The zero-order chi connectivity index (χ0) is 28.7. The van der Waals surface area contributed by atoms with Gasteiger partial charge in [0.2, 0.25) is 0 Å². The second kappa shape index (κ2) is 11.1. The van der Waals surface area contributed by atoms with Crippen LogP contribution in [0.5, 0.6) is 0 Å². The molecule has 2 aromatic heterocycles. The maximum absolute atomic E-state index is 14.4. The van der Waals surface area contributed by atoms with Crippen molar-refractivity contribution in [3.63, 3.8) is 0 Å². The Bertz CT molecular complexity index is 1250. The van der Waals surface area contributed by atoms with E-state index in [0.717, 1.165) is 17.3 Å². The summed E-state index contributed by atoms with van der Waals surface area (Å²) in [5.74, 6) is -3.16. The van der Waals surface area contributed by atoms with Crippen molar-refractivity contribution in [1.82, 2.24) is 19.7 Å². The lowest BCUT2D eigenvalue weighted by molar-refractivity contribution is -0.147. The lowest BCUT2D eigenvalue weighted by Crippen LogP contribution is -2.43. The molecule has 13 heteroatoms. The monoisotopic (exact) mass is 588 g/mol. The highest BCUT2D eigenvalue weighted by atomic mass is 35.5. The van der Waals surface area contributed by atoms with Gasteiger partial charge in [0, 0.05) is 18.4 Å². The normalized spacial score (nSPS) is 23.0. The van der Waals surface area contributed by atoms with Crippen molar-refractivity contribution in [1.29, 1.82) is 0 Å². The molecular formula is C26H29Cl2F3N4O4. The number of halogens is 5. The van der Waals surface area contributed by atoms with E-state index in [-0.39, 0.29) is 46.7 Å². The quantitative estimate of drug-likeness (QED) is 0.379. The van der Waals surface area contributed by atoms with Crippen molar-refractivity contribution < 1.29 is 32.7 Å². The Morgan fingerprint density at radius 1 is 1.08 bits per heavy atom. The van der Waals surface area contributed by atoms with Gasteiger partial charge in [-0.05, 0) is 50.4 Å². The maximum atomic E-state index is 14.4. The first kappa shape index (κ1) is 29.3. The van der Waals surface area contributed by atoms with E-state index >= 15 is 0 Å². The summed E-state index contributed by atoms with van der Waals surface area (Å²) in [5, 5.41) is 13.2. The molecule has 39 heavy (non-hydrogen) atoms. The van der Waals surface area contributed by atoms with Crippen molar-refractivity contribution in [3.05, 3.63) is 45.5 Å². The van der Waals surface area contributed by atoms with Gasteiger partial charge >= 0.3 is 12.1 Å². The third-order valence-electron chi connectivity index (χ3n) is 7.78. The van der Waals surface area contributed by atoms with Crippen LogP contribution in [-0.4, -0.2) is 55.0 Å². The molecule has 8 nitrogen and oxygen atoms in total. The molecule has 1 N–H and O–H groups in total. The minimum absolute atomic E-state index is 0.0209. The fourth-order valence-corrected chi connectivity index (χ4v) is 6.32. The summed E-state index contributed by atoms with van der Waals surface area (Å²) in [5.41, 5.74) is -2.06. The van der Waals surface area contributed by atoms with Crippen LogP contribution < -0.4 is 0 Å². The van der Waals surface area contributed by atoms with Crippen LogP contribution in [0, 0.1) is 11.3 Å². The zero-order valence-electron chi connectivity index (χ0n) is 21.5. The van der Waals surface area contributed by atoms with Gasteiger partial charge in [0.1, 0.15) is 0 Å². The average molecular weight is 589 g/mol. The summed E-state index contributed by atoms with van der Waals surface area (Å²) in [6.07, 6.45) is 0.998. The van der Waals surface area contributed by atoms with Gasteiger partial charge in [-0.25, -0.2) is 0 Å². The van der Waals surface area contributed by atoms with Gasteiger partial charge in [0.15, 0.2) is 11.5 Å². The second-order valence-electron chi connectivity index (χ2n) is 11.1. The highest BCUT2D eigenvalue weighted by molar-refractivity contribution is 6.39. The molecule has 0 aromatic carbocycles. The molecule has 0 aliphatic heterocycles. The third kappa shape index (κ3) is 6.24. The van der Waals surface area contributed by atoms with Gasteiger partial charge < -0.3 is 10.0 Å². The Morgan fingerprint density at radius 2 is 1.69 bits per heavy atom. The van der Waals surface area contributed by atoms with Gasteiger partial charge in [-0.1, -0.05) is 37.0 Å². The standard InChI is InChI=1S/C26H29Cl2F3N4O4/c1-25(2)8-7-16(9-25)34(13-20(36)21-18(27)11-32-12-19(21)28)23(37)17-10-33-35(22(17)26(29,30)31)15-5-3-14(4-6-15)24(38)39/h10-12,14-16H,3-9,13H2,1-2H3,(H,38,39)/t14?,15?,16-/m0/s1. The smallest absolute Gasteiger partial charge is 0.433 e. The molecule has 4 rings (SSSR count). The van der Waals surface area contributed by atoms with Gasteiger partial charge in [0.05, 0.1) is 45.9 Å². The number of carbonyl (C=O) groups is 3. The highest BCUT2D eigenvalue weighted by Gasteiger charge is 2.45. The van der Waals surface area contributed by atoms with Crippen molar-refractivity contribution in [3.8, 4) is 0 Å². The van der Waals surface area contributed by atoms with Gasteiger partial charge in [-0.3, -0.25) is 24.0 Å². The van der Waals surface area contributed by atoms with Crippen LogP contribution in [-0.2, 0) is 11.0 Å². The molecule has 1 atom stereocenters. The Hall–Kier alpha value is -2.66. The lowest BCUT2D eigenvalue weighted by Gasteiger charge is -2.31. The second-order valence-corrected chi connectivity index (χ2v) is 11.9. The fourth-order valence-electron chi connectivity index (χ4n) is 5.74. The SMILES string of the molecule is CC1(C)CC[C@H](N(CC(=O)c2c(Cl)cncc2Cl)C(=O)c2cnn(C3CCC(C(=O)O)CC3)c2C(F)(F)F)C1. The first-order chi connectivity index (χ1) is 18.2. The number of rotatable bonds is 7. The number of hydrogen-bond acceptors (Lipinski definition) is 5. The van der Waals surface area contributed by atoms with E-state index in [9.17, 15) is 32.7 Å². The summed E-state index contributed by atoms with van der Waals surface area (Å²) < 4.78 is 44.1. The van der Waals surface area contributed by atoms with E-state index in [0.29, 0.717) is 12.8 Å². The van der Waals surface area contributed by atoms with Crippen LogP contribution in [0.25, 0.3) is 0 Å². The number of ketones is 1. The molecule has 0 unspecified atom stereocenters. The van der Waals surface area contributed by atoms with Crippen LogP contribution in [0.15, 0.2) is 18.6 Å². The predicted molar refractivity (Wildman–Crippen MR) is 137 cm³/mol. The van der Waals surface area contributed by atoms with E-state index in [4.69, 9.17) is 23.2 Å². The van der Waals surface area contributed by atoms with Gasteiger partial charge in [0.25, 0.3) is 5.91 Å². The minimum Gasteiger partial charge on any atom is -0.481 e. The van der Waals surface area contributed by atoms with Crippen molar-refractivity contribution >= 4 is 40.9 Å². The number of carboxylic acids is 1. The zero-order valence-corrected chi connectivity index (χ0v) is 23.0. The molecule has 2 aliphatic rings. The number of carbonyl (C=O) groups excluding carboxylic acids is 2. The number of pyridine rings is 1. The number of nitrogens with zero attached hydrogens (tertiary/aromatic N) is 4. The first-order valence-corrected chi connectivity index (χ1v) is 13.5. The first-order valence-electron chi connectivity index (χ1n) is 12.7. The Balaban J connectivity index is 1.70. The molecule has 2 fully saturated rings. The molecular weight excluding hydrogens is 560 g/mol. The molecule has 0 spiro atoms. The topological polar surface area (TPSA) is 105 Å². The Labute approximate surface area is 233 Å².